The summed E-state index contributed by atoms with van der Waals surface area (Å²) in [5.74, 6) is -2.29. The van der Waals surface area contributed by atoms with Crippen LogP contribution in [-0.4, -0.2) is 59.5 Å². The number of carboxylic acid groups (broad SMARTS) is 1. The van der Waals surface area contributed by atoms with Gasteiger partial charge in [0.15, 0.2) is 0 Å². The van der Waals surface area contributed by atoms with Crippen LogP contribution in [-0.2, 0) is 27.2 Å². The number of nitrogens with one attached hydrogen (secondary N) is 4. The van der Waals surface area contributed by atoms with Crippen LogP contribution in [0.15, 0.2) is 54.6 Å². The van der Waals surface area contributed by atoms with Gasteiger partial charge in [0.1, 0.15) is 11.9 Å². The highest BCUT2D eigenvalue weighted by Crippen LogP contribution is 2.31. The third-order valence-electron chi connectivity index (χ3n) is 6.49. The molecule has 0 saturated heterocycles. The molecule has 214 valence electrons. The molecule has 3 aromatic rings. The number of aliphatic carboxylic acids is 1. The maximum Gasteiger partial charge on any atom is 0.328 e. The van der Waals surface area contributed by atoms with E-state index in [1.165, 1.54) is 0 Å². The number of benzene rings is 2. The van der Waals surface area contributed by atoms with Crippen LogP contribution < -0.4 is 21.3 Å². The Labute approximate surface area is 246 Å². The van der Waals surface area contributed by atoms with Crippen molar-refractivity contribution in [1.82, 2.24) is 20.9 Å². The van der Waals surface area contributed by atoms with Crippen molar-refractivity contribution in [3.8, 4) is 11.1 Å². The summed E-state index contributed by atoms with van der Waals surface area (Å²) in [6, 6.07) is 14.8. The number of aromatic nitrogens is 1. The minimum Gasteiger partial charge on any atom is -0.480 e. The van der Waals surface area contributed by atoms with E-state index in [9.17, 15) is 24.3 Å². The smallest absolute Gasteiger partial charge is 0.328 e. The van der Waals surface area contributed by atoms with Crippen molar-refractivity contribution in [2.24, 2.45) is 0 Å². The molecule has 2 aromatic carbocycles. The maximum absolute atomic E-state index is 12.9. The van der Waals surface area contributed by atoms with Crippen LogP contribution in [0, 0.1) is 0 Å². The number of carboxylic acids is 1. The Morgan fingerprint density at radius 1 is 0.951 bits per heavy atom. The highest BCUT2D eigenvalue weighted by Gasteiger charge is 2.25. The Bertz CT molecular complexity index is 1430. The van der Waals surface area contributed by atoms with Crippen LogP contribution in [0.1, 0.15) is 34.5 Å². The number of carbonyl (C=O) groups excluding carboxylic acids is 3. The van der Waals surface area contributed by atoms with E-state index < -0.39 is 30.4 Å². The normalized spacial score (nSPS) is 12.8. The van der Waals surface area contributed by atoms with E-state index in [0.29, 0.717) is 12.0 Å². The molecule has 5 N–H and O–H groups in total. The van der Waals surface area contributed by atoms with E-state index in [2.05, 4.69) is 26.3 Å². The van der Waals surface area contributed by atoms with Gasteiger partial charge < -0.3 is 26.4 Å². The van der Waals surface area contributed by atoms with Gasteiger partial charge in [0.2, 0.25) is 11.8 Å². The molecular formula is C29H29Cl2N5O5. The summed E-state index contributed by atoms with van der Waals surface area (Å²) >= 11 is 12.7. The third-order valence-corrected chi connectivity index (χ3v) is 7.09. The first-order chi connectivity index (χ1) is 19.7. The van der Waals surface area contributed by atoms with E-state index >= 15 is 0 Å². The zero-order valence-electron chi connectivity index (χ0n) is 22.0. The number of pyridine rings is 1. The van der Waals surface area contributed by atoms with Crippen molar-refractivity contribution in [2.75, 3.05) is 25.0 Å². The Kier molecular flexibility index (Phi) is 10.2. The largest absolute Gasteiger partial charge is 0.480 e. The fourth-order valence-corrected chi connectivity index (χ4v) is 4.97. The topological polar surface area (TPSA) is 150 Å². The van der Waals surface area contributed by atoms with Gasteiger partial charge in [-0.2, -0.15) is 0 Å². The molecule has 2 heterocycles. The SMILES string of the molecule is O=C(CCc1ccc2c(n1)NCCC2)NCC(=O)NCC(NC(=O)c1c(Cl)cc(-c2ccccc2)cc1Cl)C(=O)O. The fourth-order valence-electron chi connectivity index (χ4n) is 4.31. The molecule has 12 heteroatoms. The van der Waals surface area contributed by atoms with Gasteiger partial charge >= 0.3 is 5.97 Å². The molecule has 1 aliphatic heterocycles. The number of hydrogen-bond acceptors (Lipinski definition) is 6. The number of anilines is 1. The second-order valence-electron chi connectivity index (χ2n) is 9.47. The molecule has 1 aromatic heterocycles. The van der Waals surface area contributed by atoms with Gasteiger partial charge in [0, 0.05) is 25.2 Å². The number of halogens is 2. The number of nitrogens with zero attached hydrogens (tertiary/aromatic N) is 1. The first-order valence-corrected chi connectivity index (χ1v) is 13.8. The first-order valence-electron chi connectivity index (χ1n) is 13.1. The lowest BCUT2D eigenvalue weighted by Gasteiger charge is -2.17. The van der Waals surface area contributed by atoms with Crippen molar-refractivity contribution in [1.29, 1.82) is 0 Å². The second-order valence-corrected chi connectivity index (χ2v) is 10.3. The molecule has 0 saturated carbocycles. The zero-order valence-corrected chi connectivity index (χ0v) is 23.5. The monoisotopic (exact) mass is 597 g/mol. The summed E-state index contributed by atoms with van der Waals surface area (Å²) in [5.41, 5.74) is 3.38. The molecule has 0 fully saturated rings. The minimum absolute atomic E-state index is 0.0478. The average Bonchev–Trinajstić information content (AvgIpc) is 2.96. The molecular weight excluding hydrogens is 569 g/mol. The molecule has 0 radical (unpaired) electrons. The van der Waals surface area contributed by atoms with E-state index in [0.717, 1.165) is 42.0 Å². The van der Waals surface area contributed by atoms with Gasteiger partial charge in [-0.25, -0.2) is 9.78 Å². The molecule has 0 spiro atoms. The number of carbonyl (C=O) groups is 4. The second kappa shape index (κ2) is 14.0. The van der Waals surface area contributed by atoms with Gasteiger partial charge in [-0.1, -0.05) is 59.6 Å². The summed E-state index contributed by atoms with van der Waals surface area (Å²) in [5, 5.41) is 20.2. The number of amides is 3. The van der Waals surface area contributed by atoms with Crippen molar-refractivity contribution in [3.63, 3.8) is 0 Å². The van der Waals surface area contributed by atoms with Crippen LogP contribution in [0.25, 0.3) is 11.1 Å². The summed E-state index contributed by atoms with van der Waals surface area (Å²) in [6.45, 7) is 0.102. The molecule has 1 unspecified atom stereocenters. The van der Waals surface area contributed by atoms with E-state index in [-0.39, 0.29) is 34.5 Å². The van der Waals surface area contributed by atoms with E-state index in [1.54, 1.807) is 12.1 Å². The lowest BCUT2D eigenvalue weighted by molar-refractivity contribution is -0.139. The maximum atomic E-state index is 12.9. The average molecular weight is 598 g/mol. The first kappa shape index (κ1) is 29.8. The quantitative estimate of drug-likeness (QED) is 0.227. The molecule has 0 bridgehead atoms. The Morgan fingerprint density at radius 3 is 2.39 bits per heavy atom. The minimum atomic E-state index is -1.47. The van der Waals surface area contributed by atoms with Crippen LogP contribution in [0.4, 0.5) is 5.82 Å². The standard InChI is InChI=1S/C29H29Cl2N5O5/c30-21-13-19(17-5-2-1-3-6-17)14-22(31)26(21)28(39)36-23(29(40)41)15-33-25(38)16-34-24(37)11-10-20-9-8-18-7-4-12-32-27(18)35-20/h1-3,5-6,8-9,13-14,23H,4,7,10-12,15-16H2,(H,32,35)(H,33,38)(H,34,37)(H,36,39)(H,40,41). The van der Waals surface area contributed by atoms with Crippen LogP contribution in [0.3, 0.4) is 0 Å². The lowest BCUT2D eigenvalue weighted by atomic mass is 10.0. The van der Waals surface area contributed by atoms with Crippen LogP contribution in [0.2, 0.25) is 10.0 Å². The Balaban J connectivity index is 1.25. The summed E-state index contributed by atoms with van der Waals surface area (Å²) in [7, 11) is 0. The fraction of sp³-hybridized carbons (Fsp3) is 0.276. The predicted octanol–water partition coefficient (Wildman–Crippen LogP) is 3.46. The van der Waals surface area contributed by atoms with Crippen molar-refractivity contribution in [3.05, 3.63) is 81.5 Å². The van der Waals surface area contributed by atoms with Crippen molar-refractivity contribution in [2.45, 2.75) is 31.7 Å². The molecule has 41 heavy (non-hydrogen) atoms. The lowest BCUT2D eigenvalue weighted by Crippen LogP contribution is -2.50. The molecule has 3 amide bonds. The molecule has 4 rings (SSSR count). The number of aryl methyl sites for hydroxylation is 2. The van der Waals surface area contributed by atoms with Crippen molar-refractivity contribution >= 4 is 52.7 Å². The van der Waals surface area contributed by atoms with Gasteiger partial charge in [-0.05, 0) is 54.2 Å². The Hall–Kier alpha value is -4.15. The highest BCUT2D eigenvalue weighted by molar-refractivity contribution is 6.40. The summed E-state index contributed by atoms with van der Waals surface area (Å²) in [6.07, 6.45) is 2.58. The Morgan fingerprint density at radius 2 is 1.68 bits per heavy atom. The summed E-state index contributed by atoms with van der Waals surface area (Å²) < 4.78 is 0. The van der Waals surface area contributed by atoms with E-state index in [1.807, 2.05) is 42.5 Å². The van der Waals surface area contributed by atoms with Gasteiger partial charge in [-0.15, -0.1) is 0 Å². The van der Waals surface area contributed by atoms with Gasteiger partial charge in [-0.3, -0.25) is 14.4 Å². The zero-order chi connectivity index (χ0) is 29.4. The molecule has 1 aliphatic rings. The number of fused-ring (bicyclic) bond motifs is 1. The van der Waals surface area contributed by atoms with Crippen LogP contribution in [0.5, 0.6) is 0 Å². The summed E-state index contributed by atoms with van der Waals surface area (Å²) in [4.78, 5) is 53.6. The van der Waals surface area contributed by atoms with E-state index in [4.69, 9.17) is 23.2 Å². The molecule has 1 atom stereocenters. The number of hydrogen-bond donors (Lipinski definition) is 5. The molecule has 10 nitrogen and oxygen atoms in total. The van der Waals surface area contributed by atoms with Crippen molar-refractivity contribution < 1.29 is 24.3 Å². The van der Waals surface area contributed by atoms with Gasteiger partial charge in [0.25, 0.3) is 5.91 Å². The third kappa shape index (κ3) is 8.18. The number of rotatable bonds is 11. The predicted molar refractivity (Wildman–Crippen MR) is 156 cm³/mol. The van der Waals surface area contributed by atoms with Gasteiger partial charge in [0.05, 0.1) is 22.2 Å². The highest BCUT2D eigenvalue weighted by atomic mass is 35.5. The van der Waals surface area contributed by atoms with Crippen LogP contribution >= 0.6 is 23.2 Å². The molecule has 0 aliphatic carbocycles.